The molecule has 8 heteroatoms. The summed E-state index contributed by atoms with van der Waals surface area (Å²) in [6.45, 7) is 1.85. The molecule has 2 rings (SSSR count). The highest BCUT2D eigenvalue weighted by molar-refractivity contribution is 6.36. The van der Waals surface area contributed by atoms with Crippen LogP contribution in [0.3, 0.4) is 0 Å². The maximum absolute atomic E-state index is 13.5. The molecule has 2 radical (unpaired) electrons. The van der Waals surface area contributed by atoms with Gasteiger partial charge in [-0.3, -0.25) is 0 Å². The molecule has 0 aliphatic heterocycles. The van der Waals surface area contributed by atoms with Gasteiger partial charge in [0.05, 0.1) is 18.1 Å². The number of carbonyl (C=O) groups is 1. The third-order valence-corrected chi connectivity index (χ3v) is 4.09. The maximum atomic E-state index is 13.5. The summed E-state index contributed by atoms with van der Waals surface area (Å²) < 4.78 is 45.3. The lowest BCUT2D eigenvalue weighted by Crippen LogP contribution is -2.19. The topological polar surface area (TPSA) is 26.3 Å². The predicted molar refractivity (Wildman–Crippen MR) is 102 cm³/mol. The number of benzene rings is 2. The first-order valence-electron chi connectivity index (χ1n) is 7.89. The monoisotopic (exact) mass is 412 g/mol. The quantitative estimate of drug-likeness (QED) is 0.490. The van der Waals surface area contributed by atoms with E-state index in [1.807, 2.05) is 0 Å². The number of hydrogen-bond acceptors (Lipinski definition) is 2. The van der Waals surface area contributed by atoms with E-state index in [9.17, 15) is 18.0 Å². The Morgan fingerprint density at radius 3 is 2.33 bits per heavy atom. The molecule has 2 aromatic carbocycles. The second-order valence-corrected chi connectivity index (χ2v) is 6.52. The van der Waals surface area contributed by atoms with Gasteiger partial charge in [0.2, 0.25) is 0 Å². The zero-order valence-electron chi connectivity index (χ0n) is 14.2. The lowest BCUT2D eigenvalue weighted by Gasteiger charge is -2.18. The number of alkyl halides is 3. The number of halogens is 5. The van der Waals surface area contributed by atoms with Gasteiger partial charge in [-0.25, -0.2) is 4.79 Å². The molecule has 0 fully saturated rings. The van der Waals surface area contributed by atoms with Gasteiger partial charge in [0.25, 0.3) is 0 Å². The van der Waals surface area contributed by atoms with Gasteiger partial charge in [-0.05, 0) is 42.3 Å². The van der Waals surface area contributed by atoms with Crippen LogP contribution in [0, 0.1) is 0 Å². The SMILES string of the molecule is [B]c1cc(/C=C/C(c2cc(Cl)cc(Cl)c2)C(F)(F)F)ccc1C(=O)OCC. The zero-order valence-corrected chi connectivity index (χ0v) is 15.7. The first-order valence-corrected chi connectivity index (χ1v) is 8.65. The number of esters is 1. The van der Waals surface area contributed by atoms with Crippen molar-refractivity contribution < 1.29 is 22.7 Å². The number of ether oxygens (including phenoxy) is 1. The molecular weight excluding hydrogens is 399 g/mol. The van der Waals surface area contributed by atoms with Crippen LogP contribution < -0.4 is 5.46 Å². The average molecular weight is 413 g/mol. The van der Waals surface area contributed by atoms with Crippen molar-refractivity contribution in [3.8, 4) is 0 Å². The van der Waals surface area contributed by atoms with E-state index in [4.69, 9.17) is 35.8 Å². The van der Waals surface area contributed by atoms with E-state index in [0.717, 1.165) is 6.08 Å². The van der Waals surface area contributed by atoms with Crippen molar-refractivity contribution in [3.63, 3.8) is 0 Å². The van der Waals surface area contributed by atoms with E-state index in [-0.39, 0.29) is 33.2 Å². The summed E-state index contributed by atoms with van der Waals surface area (Å²) in [4.78, 5) is 11.7. The average Bonchev–Trinajstić information content (AvgIpc) is 2.53. The minimum Gasteiger partial charge on any atom is -0.462 e. The molecule has 2 nitrogen and oxygen atoms in total. The minimum absolute atomic E-state index is 0.0765. The molecule has 0 aromatic heterocycles. The second kappa shape index (κ2) is 8.85. The molecule has 1 unspecified atom stereocenters. The van der Waals surface area contributed by atoms with Crippen LogP contribution in [0.2, 0.25) is 10.0 Å². The van der Waals surface area contributed by atoms with E-state index in [1.165, 1.54) is 42.5 Å². The Hall–Kier alpha value is -1.92. The van der Waals surface area contributed by atoms with Crippen LogP contribution in [0.15, 0.2) is 42.5 Å². The van der Waals surface area contributed by atoms with Gasteiger partial charge in [-0.15, -0.1) is 0 Å². The summed E-state index contributed by atoms with van der Waals surface area (Å²) in [5.41, 5.74) is 0.600. The van der Waals surface area contributed by atoms with Crippen LogP contribution in [0.5, 0.6) is 0 Å². The number of allylic oxidation sites excluding steroid dienone is 1. The fraction of sp³-hybridized carbons (Fsp3) is 0.211. The van der Waals surface area contributed by atoms with Crippen molar-refractivity contribution in [2.75, 3.05) is 6.61 Å². The maximum Gasteiger partial charge on any atom is 0.399 e. The third-order valence-electron chi connectivity index (χ3n) is 3.65. The van der Waals surface area contributed by atoms with Crippen LogP contribution in [0.25, 0.3) is 6.08 Å². The van der Waals surface area contributed by atoms with E-state index < -0.39 is 18.1 Å². The van der Waals surface area contributed by atoms with Crippen LogP contribution in [-0.4, -0.2) is 26.6 Å². The number of carbonyl (C=O) groups excluding carboxylic acids is 1. The van der Waals surface area contributed by atoms with Gasteiger partial charge in [0, 0.05) is 10.0 Å². The lowest BCUT2D eigenvalue weighted by atomic mass is 9.88. The summed E-state index contributed by atoms with van der Waals surface area (Å²) >= 11 is 11.6. The molecule has 0 heterocycles. The molecular formula is C19H14BCl2F3O2. The highest BCUT2D eigenvalue weighted by Gasteiger charge is 2.39. The van der Waals surface area contributed by atoms with Gasteiger partial charge in [-0.2, -0.15) is 13.2 Å². The van der Waals surface area contributed by atoms with Crippen molar-refractivity contribution in [3.05, 3.63) is 69.2 Å². The van der Waals surface area contributed by atoms with E-state index in [2.05, 4.69) is 0 Å². The molecule has 2 aromatic rings. The van der Waals surface area contributed by atoms with Crippen LogP contribution in [0.1, 0.15) is 34.3 Å². The van der Waals surface area contributed by atoms with Gasteiger partial charge in [-0.1, -0.05) is 52.9 Å². The highest BCUT2D eigenvalue weighted by atomic mass is 35.5. The normalized spacial score (nSPS) is 13.0. The number of hydrogen-bond donors (Lipinski definition) is 0. The molecule has 27 heavy (non-hydrogen) atoms. The summed E-state index contributed by atoms with van der Waals surface area (Å²) in [5.74, 6) is -2.49. The number of rotatable bonds is 5. The van der Waals surface area contributed by atoms with Crippen LogP contribution in [0.4, 0.5) is 13.2 Å². The summed E-state index contributed by atoms with van der Waals surface area (Å²) in [7, 11) is 5.80. The van der Waals surface area contributed by atoms with Crippen LogP contribution in [-0.2, 0) is 4.74 Å². The second-order valence-electron chi connectivity index (χ2n) is 5.65. The standard InChI is InChI=1S/C19H14BCl2F3O2/c1-2-27-18(26)15-5-3-11(7-17(15)20)4-6-16(19(23,24)25)12-8-13(21)10-14(22)9-12/h3-10,16H,2H2,1H3/b6-4+. The van der Waals surface area contributed by atoms with Gasteiger partial charge < -0.3 is 4.74 Å². The largest absolute Gasteiger partial charge is 0.462 e. The van der Waals surface area contributed by atoms with Crippen molar-refractivity contribution in [1.82, 2.24) is 0 Å². The molecule has 0 amide bonds. The van der Waals surface area contributed by atoms with Gasteiger partial charge >= 0.3 is 12.1 Å². The summed E-state index contributed by atoms with van der Waals surface area (Å²) in [6, 6.07) is 8.09. The Morgan fingerprint density at radius 1 is 1.19 bits per heavy atom. The first-order chi connectivity index (χ1) is 12.6. The molecule has 1 atom stereocenters. The predicted octanol–water partition coefficient (Wildman–Crippen LogP) is 5.32. The zero-order chi connectivity index (χ0) is 20.2. The van der Waals surface area contributed by atoms with Gasteiger partial charge in [0.1, 0.15) is 7.85 Å². The van der Waals surface area contributed by atoms with Crippen molar-refractivity contribution in [2.45, 2.75) is 19.0 Å². The minimum atomic E-state index is -4.54. The van der Waals surface area contributed by atoms with Crippen LogP contribution >= 0.6 is 23.2 Å². The molecule has 0 bridgehead atoms. The first kappa shape index (κ1) is 21.4. The lowest BCUT2D eigenvalue weighted by molar-refractivity contribution is -0.139. The molecule has 0 spiro atoms. The molecule has 0 aliphatic rings. The van der Waals surface area contributed by atoms with Crippen molar-refractivity contribution in [1.29, 1.82) is 0 Å². The summed E-state index contributed by atoms with van der Waals surface area (Å²) in [5, 5.41) is 0.228. The van der Waals surface area contributed by atoms with E-state index in [1.54, 1.807) is 6.92 Å². The Balaban J connectivity index is 2.34. The molecule has 0 saturated heterocycles. The highest BCUT2D eigenvalue weighted by Crippen LogP contribution is 2.38. The third kappa shape index (κ3) is 5.78. The molecule has 140 valence electrons. The van der Waals surface area contributed by atoms with E-state index in [0.29, 0.717) is 5.56 Å². The van der Waals surface area contributed by atoms with E-state index >= 15 is 0 Å². The fourth-order valence-corrected chi connectivity index (χ4v) is 2.99. The smallest absolute Gasteiger partial charge is 0.399 e. The molecule has 0 aliphatic carbocycles. The Bertz CT molecular complexity index is 846. The van der Waals surface area contributed by atoms with Crippen molar-refractivity contribution in [2.24, 2.45) is 0 Å². The Labute approximate surface area is 166 Å². The van der Waals surface area contributed by atoms with Crippen molar-refractivity contribution >= 4 is 48.6 Å². The Kier molecular flexibility index (Phi) is 7.01. The van der Waals surface area contributed by atoms with Gasteiger partial charge in [0.15, 0.2) is 0 Å². The molecule has 0 N–H and O–H groups in total. The fourth-order valence-electron chi connectivity index (χ4n) is 2.45. The summed E-state index contributed by atoms with van der Waals surface area (Å²) in [6.07, 6.45) is -2.28. The molecule has 0 saturated carbocycles. The Morgan fingerprint density at radius 2 is 1.81 bits per heavy atom.